The number of benzene rings is 2. The Kier molecular flexibility index (Phi) is 8.69. The summed E-state index contributed by atoms with van der Waals surface area (Å²) in [6, 6.07) is 16.8. The van der Waals surface area contributed by atoms with Crippen molar-refractivity contribution in [2.75, 3.05) is 27.3 Å². The molecule has 2 unspecified atom stereocenters. The van der Waals surface area contributed by atoms with Gasteiger partial charge in [-0.05, 0) is 36.5 Å². The summed E-state index contributed by atoms with van der Waals surface area (Å²) in [6.07, 6.45) is 0.365. The second-order valence-corrected chi connectivity index (χ2v) is 10.2. The van der Waals surface area contributed by atoms with Crippen LogP contribution in [0.3, 0.4) is 0 Å². The highest BCUT2D eigenvalue weighted by Crippen LogP contribution is 2.41. The maximum absolute atomic E-state index is 13.9. The lowest BCUT2D eigenvalue weighted by atomic mass is 10.0. The van der Waals surface area contributed by atoms with Crippen LogP contribution >= 0.6 is 0 Å². The summed E-state index contributed by atoms with van der Waals surface area (Å²) in [4.78, 5) is 43.5. The largest absolute Gasteiger partial charge is 0.445 e. The first-order valence-electron chi connectivity index (χ1n) is 13.0. The zero-order valence-corrected chi connectivity index (χ0v) is 22.5. The van der Waals surface area contributed by atoms with Crippen molar-refractivity contribution >= 4 is 17.9 Å². The number of carbonyl (C=O) groups is 3. The van der Waals surface area contributed by atoms with Crippen LogP contribution in [0.5, 0.6) is 0 Å². The molecule has 0 radical (unpaired) electrons. The molecule has 2 heterocycles. The second-order valence-electron chi connectivity index (χ2n) is 10.2. The molecule has 0 bridgehead atoms. The normalized spacial score (nSPS) is 20.8. The van der Waals surface area contributed by atoms with Crippen molar-refractivity contribution in [3.05, 3.63) is 71.8 Å². The Morgan fingerprint density at radius 1 is 0.974 bits per heavy atom. The molecule has 38 heavy (non-hydrogen) atoms. The van der Waals surface area contributed by atoms with Crippen LogP contribution in [0.2, 0.25) is 0 Å². The fraction of sp³-hybridized carbons (Fsp3) is 0.483. The van der Waals surface area contributed by atoms with E-state index in [1.165, 1.54) is 14.2 Å². The van der Waals surface area contributed by atoms with Gasteiger partial charge in [0, 0.05) is 26.3 Å². The van der Waals surface area contributed by atoms with E-state index in [9.17, 15) is 14.4 Å². The van der Waals surface area contributed by atoms with E-state index in [0.29, 0.717) is 24.9 Å². The maximum atomic E-state index is 13.9. The lowest BCUT2D eigenvalue weighted by molar-refractivity contribution is -0.222. The predicted octanol–water partition coefficient (Wildman–Crippen LogP) is 3.44. The topological polar surface area (TPSA) is 97.4 Å². The van der Waals surface area contributed by atoms with E-state index < -0.39 is 24.0 Å². The van der Waals surface area contributed by atoms with Crippen LogP contribution in [0.4, 0.5) is 4.79 Å². The molecule has 2 aliphatic heterocycles. The van der Waals surface area contributed by atoms with Crippen LogP contribution in [0.15, 0.2) is 60.7 Å². The fourth-order valence-corrected chi connectivity index (χ4v) is 5.55. The molecular formula is C29H37N3O6. The van der Waals surface area contributed by atoms with Gasteiger partial charge in [-0.15, -0.1) is 0 Å². The average molecular weight is 524 g/mol. The average Bonchev–Trinajstić information content (AvgIpc) is 3.51. The van der Waals surface area contributed by atoms with E-state index in [0.717, 1.165) is 5.56 Å². The van der Waals surface area contributed by atoms with Gasteiger partial charge in [0.25, 0.3) is 5.91 Å². The fourth-order valence-electron chi connectivity index (χ4n) is 5.55. The number of nitrogens with one attached hydrogen (secondary N) is 1. The highest BCUT2D eigenvalue weighted by Gasteiger charge is 2.61. The van der Waals surface area contributed by atoms with Gasteiger partial charge < -0.3 is 29.3 Å². The zero-order chi connectivity index (χ0) is 27.3. The number of fused-ring (bicyclic) bond motifs is 1. The molecule has 9 heteroatoms. The van der Waals surface area contributed by atoms with E-state index in [1.807, 2.05) is 62.4 Å². The van der Waals surface area contributed by atoms with E-state index >= 15 is 0 Å². The number of methoxy groups -OCH3 is 2. The number of ether oxygens (including phenoxy) is 3. The Bertz CT molecular complexity index is 1110. The van der Waals surface area contributed by atoms with Crippen molar-refractivity contribution in [3.8, 4) is 0 Å². The van der Waals surface area contributed by atoms with Crippen molar-refractivity contribution in [3.63, 3.8) is 0 Å². The van der Waals surface area contributed by atoms with Gasteiger partial charge in [0.2, 0.25) is 11.7 Å². The molecule has 2 fully saturated rings. The third-order valence-electron chi connectivity index (χ3n) is 7.37. The number of amides is 3. The van der Waals surface area contributed by atoms with Crippen molar-refractivity contribution in [2.45, 2.75) is 57.2 Å². The number of nitrogens with zero attached hydrogens (tertiary/aromatic N) is 2. The molecule has 9 nitrogen and oxygen atoms in total. The Labute approximate surface area is 224 Å². The monoisotopic (exact) mass is 523 g/mol. The molecule has 1 N–H and O–H groups in total. The summed E-state index contributed by atoms with van der Waals surface area (Å²) in [5.74, 6) is -1.41. The van der Waals surface area contributed by atoms with Crippen molar-refractivity contribution in [1.82, 2.24) is 15.1 Å². The van der Waals surface area contributed by atoms with Crippen molar-refractivity contribution < 1.29 is 28.6 Å². The number of carbonyl (C=O) groups excluding carboxylic acids is 3. The number of likely N-dealkylation sites (tertiary alicyclic amines) is 2. The Morgan fingerprint density at radius 3 is 2.21 bits per heavy atom. The number of rotatable bonds is 9. The molecular weight excluding hydrogens is 486 g/mol. The van der Waals surface area contributed by atoms with E-state index in [1.54, 1.807) is 21.9 Å². The first-order valence-corrected chi connectivity index (χ1v) is 13.0. The quantitative estimate of drug-likeness (QED) is 0.506. The molecule has 0 saturated carbocycles. The molecule has 2 aliphatic rings. The first-order chi connectivity index (χ1) is 18.3. The van der Waals surface area contributed by atoms with Gasteiger partial charge in [0.1, 0.15) is 18.7 Å². The molecule has 2 aromatic carbocycles. The van der Waals surface area contributed by atoms with Crippen LogP contribution < -0.4 is 5.32 Å². The van der Waals surface area contributed by atoms with Crippen molar-refractivity contribution in [1.29, 1.82) is 0 Å². The standard InChI is InChI=1S/C29H37N3O6/c1-20(2)17-23(30-28(35)38-18-21-11-7-5-8-12-21)27(34)31-16-15-24-25(31)29(36-3,37-4)19-32(24)26(33)22-13-9-6-10-14-22/h5-14,20,23-25H,15-19H2,1-4H3,(H,30,35)/t23-,24?,25?/m1/s1. The van der Waals surface area contributed by atoms with E-state index in [2.05, 4.69) is 5.32 Å². The lowest BCUT2D eigenvalue weighted by Crippen LogP contribution is -2.58. The van der Waals surface area contributed by atoms with Gasteiger partial charge in [-0.1, -0.05) is 62.4 Å². The summed E-state index contributed by atoms with van der Waals surface area (Å²) < 4.78 is 17.1. The van der Waals surface area contributed by atoms with Crippen LogP contribution in [-0.4, -0.2) is 78.9 Å². The van der Waals surface area contributed by atoms with Crippen LogP contribution in [-0.2, 0) is 25.6 Å². The SMILES string of the molecule is COC1(OC)CN(C(=O)c2ccccc2)C2CCN(C(=O)[C@@H](CC(C)C)NC(=O)OCc3ccccc3)C21. The Hall–Kier alpha value is -3.43. The van der Waals surface area contributed by atoms with Crippen LogP contribution in [0, 0.1) is 5.92 Å². The molecule has 2 saturated heterocycles. The highest BCUT2D eigenvalue weighted by atomic mass is 16.7. The van der Waals surface area contributed by atoms with Gasteiger partial charge in [-0.2, -0.15) is 0 Å². The molecule has 3 amide bonds. The first kappa shape index (κ1) is 27.6. The summed E-state index contributed by atoms with van der Waals surface area (Å²) in [5, 5.41) is 2.78. The minimum absolute atomic E-state index is 0.108. The smallest absolute Gasteiger partial charge is 0.408 e. The van der Waals surface area contributed by atoms with E-state index in [4.69, 9.17) is 14.2 Å². The summed E-state index contributed by atoms with van der Waals surface area (Å²) in [6.45, 7) is 4.70. The molecule has 0 spiro atoms. The molecule has 204 valence electrons. The Balaban J connectivity index is 1.53. The second kappa shape index (κ2) is 12.0. The molecule has 4 rings (SSSR count). The Morgan fingerprint density at radius 2 is 1.61 bits per heavy atom. The number of hydrogen-bond donors (Lipinski definition) is 1. The molecule has 0 aliphatic carbocycles. The third-order valence-corrected chi connectivity index (χ3v) is 7.37. The van der Waals surface area contributed by atoms with Crippen molar-refractivity contribution in [2.24, 2.45) is 5.92 Å². The van der Waals surface area contributed by atoms with E-state index in [-0.39, 0.29) is 36.9 Å². The van der Waals surface area contributed by atoms with Gasteiger partial charge in [0.05, 0.1) is 12.6 Å². The van der Waals surface area contributed by atoms with Crippen LogP contribution in [0.1, 0.15) is 42.6 Å². The summed E-state index contributed by atoms with van der Waals surface area (Å²) >= 11 is 0. The van der Waals surface area contributed by atoms with Gasteiger partial charge in [-0.25, -0.2) is 4.79 Å². The predicted molar refractivity (Wildman–Crippen MR) is 141 cm³/mol. The zero-order valence-electron chi connectivity index (χ0n) is 22.5. The van der Waals surface area contributed by atoms with Gasteiger partial charge in [-0.3, -0.25) is 9.59 Å². The molecule has 3 atom stereocenters. The maximum Gasteiger partial charge on any atom is 0.408 e. The summed E-state index contributed by atoms with van der Waals surface area (Å²) in [7, 11) is 3.06. The highest BCUT2D eigenvalue weighted by molar-refractivity contribution is 5.95. The minimum Gasteiger partial charge on any atom is -0.445 e. The van der Waals surface area contributed by atoms with Gasteiger partial charge >= 0.3 is 6.09 Å². The minimum atomic E-state index is -1.18. The third kappa shape index (κ3) is 5.68. The molecule has 2 aromatic rings. The lowest BCUT2D eigenvalue weighted by Gasteiger charge is -2.38. The summed E-state index contributed by atoms with van der Waals surface area (Å²) in [5.41, 5.74) is 1.43. The number of alkyl carbamates (subject to hydrolysis) is 1. The van der Waals surface area contributed by atoms with Crippen LogP contribution in [0.25, 0.3) is 0 Å². The number of hydrogen-bond acceptors (Lipinski definition) is 6. The van der Waals surface area contributed by atoms with Gasteiger partial charge in [0.15, 0.2) is 0 Å². The molecule has 0 aromatic heterocycles.